The third kappa shape index (κ3) is 3.15. The van der Waals surface area contributed by atoms with Gasteiger partial charge >= 0.3 is 13.7 Å². The molecule has 1 aliphatic heterocycles. The maximum atomic E-state index is 12.3. The van der Waals surface area contributed by atoms with Crippen molar-refractivity contribution in [2.24, 2.45) is 5.41 Å². The molecule has 0 unspecified atom stereocenters. The fraction of sp³-hybridized carbons (Fsp3) is 0.417. The van der Waals surface area contributed by atoms with Crippen molar-refractivity contribution in [3.63, 3.8) is 0 Å². The minimum atomic E-state index is -3.42. The van der Waals surface area contributed by atoms with E-state index < -0.39 is 19.1 Å². The van der Waals surface area contributed by atoms with Crippen LogP contribution in [0.5, 0.6) is 0 Å². The Morgan fingerprint density at radius 3 is 2.42 bits per heavy atom. The quantitative estimate of drug-likeness (QED) is 0.679. The molecule has 7 heteroatoms. The summed E-state index contributed by atoms with van der Waals surface area (Å²) < 4.78 is 27.4. The van der Waals surface area contributed by atoms with E-state index in [0.717, 1.165) is 0 Å². The van der Waals surface area contributed by atoms with Crippen LogP contribution >= 0.6 is 7.75 Å². The third-order valence-corrected chi connectivity index (χ3v) is 4.29. The first kappa shape index (κ1) is 14.1. The Morgan fingerprint density at radius 2 is 1.89 bits per heavy atom. The minimum absolute atomic E-state index is 0.0171. The molecule has 19 heavy (non-hydrogen) atoms. The zero-order chi connectivity index (χ0) is 13.9. The molecule has 1 aliphatic rings. The van der Waals surface area contributed by atoms with Crippen molar-refractivity contribution in [2.45, 2.75) is 6.92 Å². The molecule has 0 aliphatic carbocycles. The van der Waals surface area contributed by atoms with Crippen molar-refractivity contribution < 1.29 is 23.1 Å². The number of hydrogen-bond donors (Lipinski definition) is 1. The number of esters is 1. The zero-order valence-corrected chi connectivity index (χ0v) is 11.7. The van der Waals surface area contributed by atoms with Gasteiger partial charge in [0.05, 0.1) is 20.3 Å². The molecule has 0 spiro atoms. The summed E-state index contributed by atoms with van der Waals surface area (Å²) in [6, 6.07) is 8.95. The van der Waals surface area contributed by atoms with Crippen LogP contribution in [0.15, 0.2) is 30.3 Å². The van der Waals surface area contributed by atoms with Crippen molar-refractivity contribution in [2.75, 3.05) is 25.4 Å². The van der Waals surface area contributed by atoms with Crippen LogP contribution in [0.1, 0.15) is 6.92 Å². The van der Waals surface area contributed by atoms with Gasteiger partial charge in [-0.3, -0.25) is 18.9 Å². The van der Waals surface area contributed by atoms with E-state index >= 15 is 0 Å². The smallest absolute Gasteiger partial charge is 0.432 e. The Kier molecular flexibility index (Phi) is 3.94. The molecule has 1 saturated heterocycles. The number of carbonyl (C=O) groups excluding carboxylic acids is 1. The number of ether oxygens (including phenoxy) is 1. The van der Waals surface area contributed by atoms with Crippen LogP contribution in [0.2, 0.25) is 0 Å². The molecule has 1 heterocycles. The summed E-state index contributed by atoms with van der Waals surface area (Å²) in [6.45, 7) is 1.61. The number of anilines is 1. The Hall–Kier alpha value is -1.36. The zero-order valence-electron chi connectivity index (χ0n) is 10.8. The number of hydrogen-bond acceptors (Lipinski definition) is 5. The molecule has 0 radical (unpaired) electrons. The summed E-state index contributed by atoms with van der Waals surface area (Å²) in [6.07, 6.45) is 0. The Bertz CT molecular complexity index is 492. The van der Waals surface area contributed by atoms with Gasteiger partial charge in [0, 0.05) is 5.69 Å². The van der Waals surface area contributed by atoms with Crippen molar-refractivity contribution in [1.82, 2.24) is 0 Å². The molecule has 1 aromatic rings. The molecule has 0 bridgehead atoms. The van der Waals surface area contributed by atoms with Gasteiger partial charge in [0.25, 0.3) is 0 Å². The van der Waals surface area contributed by atoms with Crippen LogP contribution in [-0.2, 0) is 23.1 Å². The fourth-order valence-corrected chi connectivity index (χ4v) is 3.21. The molecular weight excluding hydrogens is 269 g/mol. The van der Waals surface area contributed by atoms with Gasteiger partial charge in [-0.1, -0.05) is 18.2 Å². The number of carbonyl (C=O) groups is 1. The summed E-state index contributed by atoms with van der Waals surface area (Å²) in [7, 11) is -2.13. The van der Waals surface area contributed by atoms with Gasteiger partial charge in [-0.15, -0.1) is 0 Å². The van der Waals surface area contributed by atoms with Crippen molar-refractivity contribution in [3.05, 3.63) is 30.3 Å². The molecule has 6 nitrogen and oxygen atoms in total. The lowest BCUT2D eigenvalue weighted by Gasteiger charge is -2.34. The summed E-state index contributed by atoms with van der Waals surface area (Å²) in [4.78, 5) is 11.6. The highest BCUT2D eigenvalue weighted by Gasteiger charge is 2.45. The highest BCUT2D eigenvalue weighted by molar-refractivity contribution is 7.55. The summed E-state index contributed by atoms with van der Waals surface area (Å²) in [5.74, 6) is -0.446. The van der Waals surface area contributed by atoms with Crippen molar-refractivity contribution in [1.29, 1.82) is 0 Å². The van der Waals surface area contributed by atoms with Gasteiger partial charge in [-0.2, -0.15) is 0 Å². The monoisotopic (exact) mass is 285 g/mol. The van der Waals surface area contributed by atoms with Gasteiger partial charge < -0.3 is 4.74 Å². The molecule has 0 amide bonds. The summed E-state index contributed by atoms with van der Waals surface area (Å²) in [5.41, 5.74) is -0.298. The van der Waals surface area contributed by atoms with Gasteiger partial charge in [0.15, 0.2) is 0 Å². The molecule has 104 valence electrons. The molecular formula is C12H16NO5P. The van der Waals surface area contributed by atoms with E-state index in [4.69, 9.17) is 9.05 Å². The Morgan fingerprint density at radius 1 is 1.32 bits per heavy atom. The van der Waals surface area contributed by atoms with Crippen molar-refractivity contribution >= 4 is 19.4 Å². The summed E-state index contributed by atoms with van der Waals surface area (Å²) >= 11 is 0. The highest BCUT2D eigenvalue weighted by atomic mass is 31.2. The second kappa shape index (κ2) is 5.33. The lowest BCUT2D eigenvalue weighted by molar-refractivity contribution is -0.158. The largest absolute Gasteiger partial charge is 0.468 e. The van der Waals surface area contributed by atoms with Crippen LogP contribution in [0, 0.1) is 5.41 Å². The molecule has 1 fully saturated rings. The first-order valence-corrected chi connectivity index (χ1v) is 7.33. The maximum Gasteiger partial charge on any atom is 0.432 e. The molecule has 2 rings (SSSR count). The summed E-state index contributed by atoms with van der Waals surface area (Å²) in [5, 5.41) is 2.71. The average Bonchev–Trinajstić information content (AvgIpc) is 2.43. The normalized spacial score (nSPS) is 30.6. The molecule has 0 saturated carbocycles. The highest BCUT2D eigenvalue weighted by Crippen LogP contribution is 2.53. The number of nitrogens with one attached hydrogen (secondary N) is 1. The van der Waals surface area contributed by atoms with Crippen LogP contribution in [0.4, 0.5) is 5.69 Å². The van der Waals surface area contributed by atoms with E-state index in [1.807, 2.05) is 6.07 Å². The molecule has 1 aromatic carbocycles. The lowest BCUT2D eigenvalue weighted by atomic mass is 9.93. The first-order valence-electron chi connectivity index (χ1n) is 5.78. The maximum absolute atomic E-state index is 12.3. The average molecular weight is 285 g/mol. The van der Waals surface area contributed by atoms with E-state index in [2.05, 4.69) is 9.82 Å². The molecule has 0 aromatic heterocycles. The third-order valence-electron chi connectivity index (χ3n) is 2.82. The van der Waals surface area contributed by atoms with E-state index in [1.54, 1.807) is 31.2 Å². The number of rotatable bonds is 3. The van der Waals surface area contributed by atoms with Crippen LogP contribution in [0.3, 0.4) is 0 Å². The predicted molar refractivity (Wildman–Crippen MR) is 69.7 cm³/mol. The van der Waals surface area contributed by atoms with Gasteiger partial charge in [0.1, 0.15) is 5.41 Å². The van der Waals surface area contributed by atoms with Crippen molar-refractivity contribution in [3.8, 4) is 0 Å². The molecule has 0 atom stereocenters. The molecule has 1 N–H and O–H groups in total. The Labute approximate surface area is 111 Å². The van der Waals surface area contributed by atoms with Crippen LogP contribution in [0.25, 0.3) is 0 Å². The standard InChI is InChI=1S/C12H16NO5P/c1-12(11(14)16-2)8-17-19(15,18-9-12)13-10-6-4-3-5-7-10/h3-7H,8-9H2,1-2H3,(H,13,15). The predicted octanol–water partition coefficient (Wildman–Crippen LogP) is 2.43. The van der Waals surface area contributed by atoms with Gasteiger partial charge in [-0.05, 0) is 19.1 Å². The number of benzene rings is 1. The van der Waals surface area contributed by atoms with E-state index in [0.29, 0.717) is 5.69 Å². The second-order valence-corrected chi connectivity index (χ2v) is 6.31. The van der Waals surface area contributed by atoms with E-state index in [1.165, 1.54) is 7.11 Å². The van der Waals surface area contributed by atoms with E-state index in [9.17, 15) is 9.36 Å². The first-order chi connectivity index (χ1) is 8.97. The van der Waals surface area contributed by atoms with E-state index in [-0.39, 0.29) is 13.2 Å². The minimum Gasteiger partial charge on any atom is -0.468 e. The van der Waals surface area contributed by atoms with Crippen LogP contribution < -0.4 is 5.09 Å². The Balaban J connectivity index is 2.03. The second-order valence-electron chi connectivity index (χ2n) is 4.57. The van der Waals surface area contributed by atoms with Crippen LogP contribution in [-0.4, -0.2) is 26.3 Å². The number of methoxy groups -OCH3 is 1. The topological polar surface area (TPSA) is 73.9 Å². The SMILES string of the molecule is COC(=O)C1(C)COP(=O)(Nc2ccccc2)OC1. The van der Waals surface area contributed by atoms with Gasteiger partial charge in [-0.25, -0.2) is 4.57 Å². The number of para-hydroxylation sites is 1. The van der Waals surface area contributed by atoms with Gasteiger partial charge in [0.2, 0.25) is 0 Å². The fourth-order valence-electron chi connectivity index (χ4n) is 1.63. The lowest BCUT2D eigenvalue weighted by Crippen LogP contribution is -2.41.